The fourth-order valence-electron chi connectivity index (χ4n) is 2.83. The van der Waals surface area contributed by atoms with Gasteiger partial charge in [0.2, 0.25) is 0 Å². The third-order valence-corrected chi connectivity index (χ3v) is 4.10. The van der Waals surface area contributed by atoms with Crippen LogP contribution in [0.25, 0.3) is 0 Å². The molecule has 1 aromatic rings. The Balaban J connectivity index is 1.99. The van der Waals surface area contributed by atoms with Gasteiger partial charge in [-0.05, 0) is 32.4 Å². The van der Waals surface area contributed by atoms with Crippen LogP contribution in [0.2, 0.25) is 0 Å². The zero-order valence-corrected chi connectivity index (χ0v) is 13.8. The maximum atomic E-state index is 5.66. The summed E-state index contributed by atoms with van der Waals surface area (Å²) < 4.78 is 7.80. The largest absolute Gasteiger partial charge is 0.378 e. The van der Waals surface area contributed by atoms with Crippen molar-refractivity contribution < 1.29 is 4.74 Å². The first-order valence-electron chi connectivity index (χ1n) is 8.36. The van der Waals surface area contributed by atoms with Crippen molar-refractivity contribution in [2.45, 2.75) is 52.7 Å². The van der Waals surface area contributed by atoms with Crippen molar-refractivity contribution in [1.82, 2.24) is 20.0 Å². The number of hydrogen-bond acceptors (Lipinski definition) is 4. The van der Waals surface area contributed by atoms with Crippen molar-refractivity contribution >= 4 is 0 Å². The molecule has 0 saturated carbocycles. The summed E-state index contributed by atoms with van der Waals surface area (Å²) in [6.45, 7) is 13.2. The predicted octanol–water partition coefficient (Wildman–Crippen LogP) is 1.67. The van der Waals surface area contributed by atoms with Gasteiger partial charge in [0.15, 0.2) is 0 Å². The Hall–Kier alpha value is -0.910. The van der Waals surface area contributed by atoms with Gasteiger partial charge in [-0.1, -0.05) is 13.8 Å². The third-order valence-electron chi connectivity index (χ3n) is 4.10. The van der Waals surface area contributed by atoms with E-state index in [2.05, 4.69) is 46.8 Å². The highest BCUT2D eigenvalue weighted by atomic mass is 16.5. The molecule has 1 saturated heterocycles. The molecular weight excluding hydrogens is 264 g/mol. The number of nitrogens with zero attached hydrogens (tertiary/aromatic N) is 3. The predicted molar refractivity (Wildman–Crippen MR) is 85.5 cm³/mol. The van der Waals surface area contributed by atoms with Crippen LogP contribution in [-0.2, 0) is 24.2 Å². The van der Waals surface area contributed by atoms with Gasteiger partial charge < -0.3 is 10.1 Å². The Labute approximate surface area is 128 Å². The molecule has 1 aliphatic heterocycles. The zero-order chi connectivity index (χ0) is 15.1. The van der Waals surface area contributed by atoms with E-state index in [0.717, 1.165) is 52.4 Å². The Morgan fingerprint density at radius 2 is 2.24 bits per heavy atom. The van der Waals surface area contributed by atoms with Crippen LogP contribution < -0.4 is 5.32 Å². The number of aromatic nitrogens is 2. The SMILES string of the molecule is CCCNCC1COCCN1Cc1cc(CC)nn1CC. The molecule has 5 nitrogen and oxygen atoms in total. The number of morpholine rings is 1. The molecule has 120 valence electrons. The Morgan fingerprint density at radius 3 is 2.95 bits per heavy atom. The van der Waals surface area contributed by atoms with Crippen molar-refractivity contribution in [3.8, 4) is 0 Å². The number of aryl methyl sites for hydroxylation is 2. The van der Waals surface area contributed by atoms with Gasteiger partial charge in [-0.2, -0.15) is 5.10 Å². The zero-order valence-electron chi connectivity index (χ0n) is 13.8. The second-order valence-corrected chi connectivity index (χ2v) is 5.70. The van der Waals surface area contributed by atoms with E-state index in [0.29, 0.717) is 6.04 Å². The summed E-state index contributed by atoms with van der Waals surface area (Å²) in [7, 11) is 0. The molecule has 1 N–H and O–H groups in total. The molecule has 1 aromatic heterocycles. The summed E-state index contributed by atoms with van der Waals surface area (Å²) in [6.07, 6.45) is 2.18. The average Bonchev–Trinajstić information content (AvgIpc) is 2.91. The number of hydrogen-bond donors (Lipinski definition) is 1. The van der Waals surface area contributed by atoms with E-state index in [1.54, 1.807) is 0 Å². The standard InChI is InChI=1S/C16H30N4O/c1-4-7-17-11-16-13-21-9-8-19(16)12-15-10-14(5-2)18-20(15)6-3/h10,16-17H,4-9,11-13H2,1-3H3. The van der Waals surface area contributed by atoms with E-state index in [1.165, 1.54) is 17.8 Å². The molecule has 1 unspecified atom stereocenters. The first kappa shape index (κ1) is 16.5. The Bertz CT molecular complexity index is 418. The summed E-state index contributed by atoms with van der Waals surface area (Å²) >= 11 is 0. The normalized spacial score (nSPS) is 20.0. The molecular formula is C16H30N4O. The van der Waals surface area contributed by atoms with E-state index in [1.807, 2.05) is 0 Å². The highest BCUT2D eigenvalue weighted by Gasteiger charge is 2.23. The van der Waals surface area contributed by atoms with Crippen molar-refractivity contribution in [3.63, 3.8) is 0 Å². The molecule has 0 aromatic carbocycles. The highest BCUT2D eigenvalue weighted by molar-refractivity contribution is 5.11. The molecule has 0 aliphatic carbocycles. The molecule has 0 amide bonds. The molecule has 1 atom stereocenters. The maximum Gasteiger partial charge on any atom is 0.0635 e. The van der Waals surface area contributed by atoms with E-state index in [9.17, 15) is 0 Å². The van der Waals surface area contributed by atoms with Gasteiger partial charge in [-0.15, -0.1) is 0 Å². The van der Waals surface area contributed by atoms with Gasteiger partial charge in [-0.3, -0.25) is 9.58 Å². The van der Waals surface area contributed by atoms with Crippen LogP contribution in [0.1, 0.15) is 38.6 Å². The second kappa shape index (κ2) is 8.51. The Kier molecular flexibility index (Phi) is 6.67. The molecule has 0 bridgehead atoms. The fraction of sp³-hybridized carbons (Fsp3) is 0.812. The molecule has 1 fully saturated rings. The monoisotopic (exact) mass is 294 g/mol. The highest BCUT2D eigenvalue weighted by Crippen LogP contribution is 2.14. The van der Waals surface area contributed by atoms with Crippen LogP contribution in [0.4, 0.5) is 0 Å². The topological polar surface area (TPSA) is 42.3 Å². The lowest BCUT2D eigenvalue weighted by atomic mass is 10.2. The van der Waals surface area contributed by atoms with Gasteiger partial charge in [0, 0.05) is 32.2 Å². The number of ether oxygens (including phenoxy) is 1. The van der Waals surface area contributed by atoms with Crippen LogP contribution in [0.15, 0.2) is 6.07 Å². The fourth-order valence-corrected chi connectivity index (χ4v) is 2.83. The van der Waals surface area contributed by atoms with Crippen LogP contribution >= 0.6 is 0 Å². The molecule has 0 spiro atoms. The summed E-state index contributed by atoms with van der Waals surface area (Å²) in [5.41, 5.74) is 2.53. The number of rotatable bonds is 8. The van der Waals surface area contributed by atoms with E-state index in [4.69, 9.17) is 4.74 Å². The lowest BCUT2D eigenvalue weighted by molar-refractivity contribution is -0.0119. The van der Waals surface area contributed by atoms with Gasteiger partial charge in [0.25, 0.3) is 0 Å². The van der Waals surface area contributed by atoms with E-state index >= 15 is 0 Å². The lowest BCUT2D eigenvalue weighted by Gasteiger charge is -2.35. The van der Waals surface area contributed by atoms with Gasteiger partial charge in [0.05, 0.1) is 24.6 Å². The number of nitrogens with one attached hydrogen (secondary N) is 1. The van der Waals surface area contributed by atoms with Gasteiger partial charge in [-0.25, -0.2) is 0 Å². The van der Waals surface area contributed by atoms with Crippen molar-refractivity contribution in [2.75, 3.05) is 32.8 Å². The minimum Gasteiger partial charge on any atom is -0.378 e. The Morgan fingerprint density at radius 1 is 1.38 bits per heavy atom. The molecule has 0 radical (unpaired) electrons. The van der Waals surface area contributed by atoms with Gasteiger partial charge >= 0.3 is 0 Å². The van der Waals surface area contributed by atoms with Crippen LogP contribution in [-0.4, -0.2) is 53.6 Å². The van der Waals surface area contributed by atoms with Crippen molar-refractivity contribution in [3.05, 3.63) is 17.5 Å². The van der Waals surface area contributed by atoms with Crippen molar-refractivity contribution in [2.24, 2.45) is 0 Å². The first-order chi connectivity index (χ1) is 10.3. The maximum absolute atomic E-state index is 5.66. The van der Waals surface area contributed by atoms with Gasteiger partial charge in [0.1, 0.15) is 0 Å². The minimum absolute atomic E-state index is 0.468. The lowest BCUT2D eigenvalue weighted by Crippen LogP contribution is -2.50. The van der Waals surface area contributed by atoms with Crippen LogP contribution in [0.5, 0.6) is 0 Å². The quantitative estimate of drug-likeness (QED) is 0.741. The van der Waals surface area contributed by atoms with Crippen LogP contribution in [0.3, 0.4) is 0 Å². The minimum atomic E-state index is 0.468. The molecule has 5 heteroatoms. The summed E-state index contributed by atoms with van der Waals surface area (Å²) in [6, 6.07) is 2.73. The average molecular weight is 294 g/mol. The second-order valence-electron chi connectivity index (χ2n) is 5.70. The molecule has 2 rings (SSSR count). The molecule has 1 aliphatic rings. The molecule has 2 heterocycles. The van der Waals surface area contributed by atoms with Crippen molar-refractivity contribution in [1.29, 1.82) is 0 Å². The summed E-state index contributed by atoms with van der Waals surface area (Å²) in [4.78, 5) is 2.54. The van der Waals surface area contributed by atoms with Crippen LogP contribution in [0, 0.1) is 0 Å². The van der Waals surface area contributed by atoms with E-state index < -0.39 is 0 Å². The summed E-state index contributed by atoms with van der Waals surface area (Å²) in [5.74, 6) is 0. The summed E-state index contributed by atoms with van der Waals surface area (Å²) in [5, 5.41) is 8.18. The van der Waals surface area contributed by atoms with E-state index in [-0.39, 0.29) is 0 Å². The third kappa shape index (κ3) is 4.53. The molecule has 21 heavy (non-hydrogen) atoms. The smallest absolute Gasteiger partial charge is 0.0635 e. The first-order valence-corrected chi connectivity index (χ1v) is 8.36.